The lowest BCUT2D eigenvalue weighted by molar-refractivity contribution is -0.122. The molecule has 27 heavy (non-hydrogen) atoms. The summed E-state index contributed by atoms with van der Waals surface area (Å²) in [6.45, 7) is 5.56. The van der Waals surface area contributed by atoms with Gasteiger partial charge in [0.25, 0.3) is 0 Å². The fourth-order valence-electron chi connectivity index (χ4n) is 3.02. The maximum atomic E-state index is 12.2. The Morgan fingerprint density at radius 1 is 1.30 bits per heavy atom. The highest BCUT2D eigenvalue weighted by molar-refractivity contribution is 5.75. The molecular weight excluding hydrogens is 344 g/mol. The Balaban J connectivity index is 1.61. The van der Waals surface area contributed by atoms with Crippen molar-refractivity contribution in [3.05, 3.63) is 63.6 Å². The standard InChI is InChI=1S/C21H26N2O4/c1-15-5-7-17(8-6-15)14-27-20-12-23(16(2)10-19(20)24)13-21(25)22-11-18-4-3-9-26-18/h5-8,10,12,18H,3-4,9,11,13-14H2,1-2H3,(H,22,25)/t18-/m0/s1. The van der Waals surface area contributed by atoms with Gasteiger partial charge in [0, 0.05) is 24.9 Å². The molecule has 0 saturated carbocycles. The molecule has 0 radical (unpaired) electrons. The van der Waals surface area contributed by atoms with Gasteiger partial charge in [-0.2, -0.15) is 0 Å². The van der Waals surface area contributed by atoms with E-state index in [2.05, 4.69) is 5.32 Å². The lowest BCUT2D eigenvalue weighted by Crippen LogP contribution is -2.34. The maximum absolute atomic E-state index is 12.2. The number of carbonyl (C=O) groups excluding carboxylic acids is 1. The third-order valence-corrected chi connectivity index (χ3v) is 4.69. The summed E-state index contributed by atoms with van der Waals surface area (Å²) in [6, 6.07) is 9.45. The summed E-state index contributed by atoms with van der Waals surface area (Å²) < 4.78 is 12.9. The van der Waals surface area contributed by atoms with Crippen molar-refractivity contribution < 1.29 is 14.3 Å². The van der Waals surface area contributed by atoms with Gasteiger partial charge in [0.1, 0.15) is 13.2 Å². The van der Waals surface area contributed by atoms with Crippen LogP contribution in [0.15, 0.2) is 41.3 Å². The number of aryl methyl sites for hydroxylation is 2. The Morgan fingerprint density at radius 3 is 2.78 bits per heavy atom. The van der Waals surface area contributed by atoms with E-state index in [-0.39, 0.29) is 29.7 Å². The van der Waals surface area contributed by atoms with E-state index < -0.39 is 0 Å². The van der Waals surface area contributed by atoms with Crippen LogP contribution in [0.1, 0.15) is 29.7 Å². The average molecular weight is 370 g/mol. The Morgan fingerprint density at radius 2 is 2.07 bits per heavy atom. The van der Waals surface area contributed by atoms with E-state index in [9.17, 15) is 9.59 Å². The van der Waals surface area contributed by atoms with Crippen LogP contribution in [0.25, 0.3) is 0 Å². The number of amides is 1. The first kappa shape index (κ1) is 19.2. The van der Waals surface area contributed by atoms with Gasteiger partial charge >= 0.3 is 0 Å². The minimum Gasteiger partial charge on any atom is -0.483 e. The molecular formula is C21H26N2O4. The number of hydrogen-bond acceptors (Lipinski definition) is 4. The van der Waals surface area contributed by atoms with Crippen LogP contribution < -0.4 is 15.5 Å². The molecule has 0 spiro atoms. The number of nitrogens with one attached hydrogen (secondary N) is 1. The van der Waals surface area contributed by atoms with Crippen LogP contribution in [0.4, 0.5) is 0 Å². The highest BCUT2D eigenvalue weighted by Gasteiger charge is 2.16. The molecule has 0 unspecified atom stereocenters. The van der Waals surface area contributed by atoms with Crippen molar-refractivity contribution in [2.24, 2.45) is 0 Å². The fraction of sp³-hybridized carbons (Fsp3) is 0.429. The van der Waals surface area contributed by atoms with E-state index in [1.54, 1.807) is 17.7 Å². The van der Waals surface area contributed by atoms with E-state index >= 15 is 0 Å². The van der Waals surface area contributed by atoms with Gasteiger partial charge < -0.3 is 19.4 Å². The lowest BCUT2D eigenvalue weighted by atomic mass is 10.2. The van der Waals surface area contributed by atoms with Gasteiger partial charge in [0.15, 0.2) is 5.75 Å². The SMILES string of the molecule is Cc1ccc(COc2cn(CC(=O)NC[C@@H]3CCCO3)c(C)cc2=O)cc1. The molecule has 1 N–H and O–H groups in total. The predicted molar refractivity (Wildman–Crippen MR) is 103 cm³/mol. The van der Waals surface area contributed by atoms with Crippen molar-refractivity contribution in [2.75, 3.05) is 13.2 Å². The van der Waals surface area contributed by atoms with Gasteiger partial charge in [-0.3, -0.25) is 9.59 Å². The molecule has 1 aromatic carbocycles. The van der Waals surface area contributed by atoms with Crippen molar-refractivity contribution in [3.63, 3.8) is 0 Å². The summed E-state index contributed by atoms with van der Waals surface area (Å²) in [6.07, 6.45) is 3.74. The van der Waals surface area contributed by atoms with Gasteiger partial charge in [-0.1, -0.05) is 29.8 Å². The van der Waals surface area contributed by atoms with Crippen LogP contribution in [0, 0.1) is 13.8 Å². The molecule has 144 valence electrons. The van der Waals surface area contributed by atoms with Crippen molar-refractivity contribution in [1.82, 2.24) is 9.88 Å². The molecule has 1 aliphatic heterocycles. The third-order valence-electron chi connectivity index (χ3n) is 4.69. The summed E-state index contributed by atoms with van der Waals surface area (Å²) in [5.74, 6) is 0.134. The molecule has 1 aromatic heterocycles. The first-order chi connectivity index (χ1) is 13.0. The van der Waals surface area contributed by atoms with E-state index in [4.69, 9.17) is 9.47 Å². The van der Waals surface area contributed by atoms with Crippen LogP contribution in [0.3, 0.4) is 0 Å². The van der Waals surface area contributed by atoms with Crippen LogP contribution in [-0.2, 0) is 22.7 Å². The van der Waals surface area contributed by atoms with Crippen LogP contribution in [0.5, 0.6) is 5.75 Å². The van der Waals surface area contributed by atoms with E-state index in [1.165, 1.54) is 11.6 Å². The summed E-state index contributed by atoms with van der Waals surface area (Å²) >= 11 is 0. The van der Waals surface area contributed by atoms with Gasteiger partial charge in [0.2, 0.25) is 11.3 Å². The predicted octanol–water partition coefficient (Wildman–Crippen LogP) is 2.34. The molecule has 6 nitrogen and oxygen atoms in total. The fourth-order valence-corrected chi connectivity index (χ4v) is 3.02. The molecule has 1 fully saturated rings. The van der Waals surface area contributed by atoms with Crippen molar-refractivity contribution in [1.29, 1.82) is 0 Å². The number of pyridine rings is 1. The minimum absolute atomic E-state index is 0.109. The van der Waals surface area contributed by atoms with E-state index in [0.29, 0.717) is 13.2 Å². The summed E-state index contributed by atoms with van der Waals surface area (Å²) in [4.78, 5) is 24.4. The zero-order valence-corrected chi connectivity index (χ0v) is 15.9. The summed E-state index contributed by atoms with van der Waals surface area (Å²) in [5, 5.41) is 2.89. The number of ether oxygens (including phenoxy) is 2. The largest absolute Gasteiger partial charge is 0.483 e. The van der Waals surface area contributed by atoms with Crippen LogP contribution in [-0.4, -0.2) is 29.7 Å². The molecule has 6 heteroatoms. The zero-order chi connectivity index (χ0) is 19.2. The molecule has 1 amide bonds. The third kappa shape index (κ3) is 5.44. The maximum Gasteiger partial charge on any atom is 0.240 e. The Labute approximate surface area is 159 Å². The lowest BCUT2D eigenvalue weighted by Gasteiger charge is -2.15. The number of carbonyl (C=O) groups is 1. The highest BCUT2D eigenvalue weighted by atomic mass is 16.5. The summed E-state index contributed by atoms with van der Waals surface area (Å²) in [7, 11) is 0. The number of nitrogens with zero attached hydrogens (tertiary/aromatic N) is 1. The van der Waals surface area contributed by atoms with Gasteiger partial charge in [0.05, 0.1) is 12.3 Å². The highest BCUT2D eigenvalue weighted by Crippen LogP contribution is 2.12. The van der Waals surface area contributed by atoms with Gasteiger partial charge in [-0.05, 0) is 32.3 Å². The summed E-state index contributed by atoms with van der Waals surface area (Å²) in [5.41, 5.74) is 2.69. The molecule has 1 saturated heterocycles. The normalized spacial score (nSPS) is 16.3. The average Bonchev–Trinajstić information content (AvgIpc) is 3.16. The van der Waals surface area contributed by atoms with Crippen LogP contribution in [0.2, 0.25) is 0 Å². The Kier molecular flexibility index (Phi) is 6.29. The monoisotopic (exact) mass is 370 g/mol. The second-order valence-corrected chi connectivity index (χ2v) is 6.98. The second-order valence-electron chi connectivity index (χ2n) is 6.98. The molecule has 1 aliphatic rings. The first-order valence-electron chi connectivity index (χ1n) is 9.29. The number of aromatic nitrogens is 1. The van der Waals surface area contributed by atoms with Gasteiger partial charge in [-0.15, -0.1) is 0 Å². The van der Waals surface area contributed by atoms with Crippen LogP contribution >= 0.6 is 0 Å². The number of hydrogen-bond donors (Lipinski definition) is 1. The molecule has 0 bridgehead atoms. The molecule has 2 aromatic rings. The number of rotatable bonds is 7. The van der Waals surface area contributed by atoms with Gasteiger partial charge in [-0.25, -0.2) is 0 Å². The van der Waals surface area contributed by atoms with E-state index in [0.717, 1.165) is 30.7 Å². The first-order valence-corrected chi connectivity index (χ1v) is 9.29. The van der Waals surface area contributed by atoms with Crippen molar-refractivity contribution >= 4 is 5.91 Å². The quantitative estimate of drug-likeness (QED) is 0.812. The molecule has 3 rings (SSSR count). The van der Waals surface area contributed by atoms with Crippen molar-refractivity contribution in [3.8, 4) is 5.75 Å². The zero-order valence-electron chi connectivity index (χ0n) is 15.9. The Hall–Kier alpha value is -2.60. The smallest absolute Gasteiger partial charge is 0.240 e. The second kappa shape index (κ2) is 8.86. The molecule has 2 heterocycles. The molecule has 0 aliphatic carbocycles. The minimum atomic E-state index is -0.185. The molecule has 1 atom stereocenters. The Bertz CT molecular complexity index is 836. The topological polar surface area (TPSA) is 69.6 Å². The van der Waals surface area contributed by atoms with E-state index in [1.807, 2.05) is 31.2 Å². The number of benzene rings is 1. The van der Waals surface area contributed by atoms with Crippen molar-refractivity contribution in [2.45, 2.75) is 45.9 Å².